The van der Waals surface area contributed by atoms with E-state index in [9.17, 15) is 4.39 Å². The Labute approximate surface area is 96.9 Å². The second-order valence-corrected chi connectivity index (χ2v) is 4.95. The van der Waals surface area contributed by atoms with Gasteiger partial charge in [0.25, 0.3) is 0 Å². The Morgan fingerprint density at radius 3 is 2.56 bits per heavy atom. The van der Waals surface area contributed by atoms with Crippen molar-refractivity contribution in [2.75, 3.05) is 0 Å². The van der Waals surface area contributed by atoms with Gasteiger partial charge in [-0.05, 0) is 37.3 Å². The third-order valence-electron chi connectivity index (χ3n) is 3.67. The van der Waals surface area contributed by atoms with Crippen LogP contribution in [0.4, 0.5) is 4.39 Å². The van der Waals surface area contributed by atoms with E-state index in [0.717, 1.165) is 18.4 Å². The van der Waals surface area contributed by atoms with Gasteiger partial charge in [-0.25, -0.2) is 4.39 Å². The van der Waals surface area contributed by atoms with Crippen LogP contribution in [-0.4, -0.2) is 0 Å². The summed E-state index contributed by atoms with van der Waals surface area (Å²) in [6, 6.07) is 5.25. The lowest BCUT2D eigenvalue weighted by atomic mass is 9.81. The van der Waals surface area contributed by atoms with E-state index >= 15 is 0 Å². The zero-order valence-corrected chi connectivity index (χ0v) is 9.88. The fourth-order valence-corrected chi connectivity index (χ4v) is 2.65. The van der Waals surface area contributed by atoms with Gasteiger partial charge in [0.1, 0.15) is 5.82 Å². The van der Waals surface area contributed by atoms with Gasteiger partial charge in [-0.3, -0.25) is 0 Å². The normalized spacial score (nSPS) is 19.7. The Balaban J connectivity index is 2.15. The zero-order chi connectivity index (χ0) is 11.5. The molecule has 2 heteroatoms. The van der Waals surface area contributed by atoms with Gasteiger partial charge in [-0.2, -0.15) is 0 Å². The molecule has 2 N–H and O–H groups in total. The number of rotatable bonds is 2. The molecule has 0 saturated heterocycles. The molecule has 88 valence electrons. The fourth-order valence-electron chi connectivity index (χ4n) is 2.65. The van der Waals surface area contributed by atoms with E-state index in [4.69, 9.17) is 5.73 Å². The number of nitrogens with two attached hydrogens (primary N) is 1. The minimum absolute atomic E-state index is 0.124. The molecule has 1 nitrogen and oxygen atoms in total. The van der Waals surface area contributed by atoms with Crippen LogP contribution in [0, 0.1) is 18.7 Å². The lowest BCUT2D eigenvalue weighted by Crippen LogP contribution is -2.24. The highest BCUT2D eigenvalue weighted by molar-refractivity contribution is 5.26. The van der Waals surface area contributed by atoms with E-state index < -0.39 is 0 Å². The van der Waals surface area contributed by atoms with E-state index in [-0.39, 0.29) is 11.9 Å². The first-order valence-corrected chi connectivity index (χ1v) is 6.20. The maximum absolute atomic E-state index is 13.8. The van der Waals surface area contributed by atoms with Crippen molar-refractivity contribution < 1.29 is 4.39 Å². The zero-order valence-electron chi connectivity index (χ0n) is 9.88. The molecule has 1 atom stereocenters. The van der Waals surface area contributed by atoms with E-state index in [2.05, 4.69) is 0 Å². The maximum atomic E-state index is 13.8. The second-order valence-electron chi connectivity index (χ2n) is 4.95. The van der Waals surface area contributed by atoms with Crippen LogP contribution in [0.25, 0.3) is 0 Å². The van der Waals surface area contributed by atoms with Crippen molar-refractivity contribution in [1.29, 1.82) is 0 Å². The Hall–Kier alpha value is -0.890. The molecule has 1 saturated carbocycles. The number of halogens is 1. The molecule has 1 fully saturated rings. The van der Waals surface area contributed by atoms with Crippen molar-refractivity contribution >= 4 is 0 Å². The molecule has 1 aliphatic carbocycles. The summed E-state index contributed by atoms with van der Waals surface area (Å²) in [5, 5.41) is 0. The van der Waals surface area contributed by atoms with Crippen molar-refractivity contribution in [3.8, 4) is 0 Å². The van der Waals surface area contributed by atoms with Crippen LogP contribution in [0.3, 0.4) is 0 Å². The van der Waals surface area contributed by atoms with Gasteiger partial charge >= 0.3 is 0 Å². The minimum atomic E-state index is -0.141. The molecule has 16 heavy (non-hydrogen) atoms. The van der Waals surface area contributed by atoms with Gasteiger partial charge in [0.15, 0.2) is 0 Å². The van der Waals surface area contributed by atoms with E-state index in [1.807, 2.05) is 19.1 Å². The molecule has 0 aromatic heterocycles. The van der Waals surface area contributed by atoms with Crippen LogP contribution >= 0.6 is 0 Å². The highest BCUT2D eigenvalue weighted by Gasteiger charge is 2.23. The van der Waals surface area contributed by atoms with Crippen molar-refractivity contribution in [2.24, 2.45) is 11.7 Å². The SMILES string of the molecule is Cc1ccc([C@H](N)C2CCCCC2)c(F)c1. The first-order chi connectivity index (χ1) is 7.68. The lowest BCUT2D eigenvalue weighted by molar-refractivity contribution is 0.303. The number of hydrogen-bond acceptors (Lipinski definition) is 1. The molecule has 0 unspecified atom stereocenters. The number of benzene rings is 1. The Morgan fingerprint density at radius 1 is 1.25 bits per heavy atom. The highest BCUT2D eigenvalue weighted by atomic mass is 19.1. The smallest absolute Gasteiger partial charge is 0.128 e. The van der Waals surface area contributed by atoms with Crippen LogP contribution in [0.2, 0.25) is 0 Å². The predicted octanol–water partition coefficient (Wildman–Crippen LogP) is 3.71. The molecule has 2 rings (SSSR count). The highest BCUT2D eigenvalue weighted by Crippen LogP contribution is 2.33. The molecular weight excluding hydrogens is 201 g/mol. The number of hydrogen-bond donors (Lipinski definition) is 1. The van der Waals surface area contributed by atoms with Crippen molar-refractivity contribution in [1.82, 2.24) is 0 Å². The third-order valence-corrected chi connectivity index (χ3v) is 3.67. The summed E-state index contributed by atoms with van der Waals surface area (Å²) in [4.78, 5) is 0. The molecular formula is C14H20FN. The first-order valence-electron chi connectivity index (χ1n) is 6.20. The van der Waals surface area contributed by atoms with Crippen molar-refractivity contribution in [3.63, 3.8) is 0 Å². The Morgan fingerprint density at radius 2 is 1.94 bits per heavy atom. The Kier molecular flexibility index (Phi) is 3.59. The topological polar surface area (TPSA) is 26.0 Å². The van der Waals surface area contributed by atoms with Crippen LogP contribution in [0.15, 0.2) is 18.2 Å². The predicted molar refractivity (Wildman–Crippen MR) is 64.6 cm³/mol. The third kappa shape index (κ3) is 2.43. The molecule has 0 bridgehead atoms. The van der Waals surface area contributed by atoms with E-state index in [0.29, 0.717) is 11.5 Å². The van der Waals surface area contributed by atoms with Crippen LogP contribution in [0.1, 0.15) is 49.3 Å². The molecule has 1 aliphatic rings. The van der Waals surface area contributed by atoms with Gasteiger partial charge < -0.3 is 5.73 Å². The van der Waals surface area contributed by atoms with Gasteiger partial charge in [0.05, 0.1) is 0 Å². The average Bonchev–Trinajstić information content (AvgIpc) is 2.29. The van der Waals surface area contributed by atoms with E-state index in [1.54, 1.807) is 6.07 Å². The van der Waals surface area contributed by atoms with E-state index in [1.165, 1.54) is 19.3 Å². The maximum Gasteiger partial charge on any atom is 0.128 e. The summed E-state index contributed by atoms with van der Waals surface area (Å²) < 4.78 is 13.8. The van der Waals surface area contributed by atoms with Gasteiger partial charge in [-0.1, -0.05) is 31.4 Å². The lowest BCUT2D eigenvalue weighted by Gasteiger charge is -2.28. The van der Waals surface area contributed by atoms with Crippen LogP contribution in [0.5, 0.6) is 0 Å². The van der Waals surface area contributed by atoms with Crippen molar-refractivity contribution in [2.45, 2.75) is 45.1 Å². The molecule has 0 aliphatic heterocycles. The second kappa shape index (κ2) is 4.96. The summed E-state index contributed by atoms with van der Waals surface area (Å²) in [6.07, 6.45) is 6.08. The van der Waals surface area contributed by atoms with Gasteiger partial charge in [0, 0.05) is 11.6 Å². The minimum Gasteiger partial charge on any atom is -0.324 e. The standard InChI is InChI=1S/C14H20FN/c1-10-7-8-12(13(15)9-10)14(16)11-5-3-2-4-6-11/h7-9,11,14H,2-6,16H2,1H3/t14-/m1/s1. The molecule has 0 amide bonds. The van der Waals surface area contributed by atoms with Crippen molar-refractivity contribution in [3.05, 3.63) is 35.1 Å². The molecule has 1 aromatic rings. The fraction of sp³-hybridized carbons (Fsp3) is 0.571. The Bertz CT molecular complexity index is 356. The summed E-state index contributed by atoms with van der Waals surface area (Å²) >= 11 is 0. The van der Waals surface area contributed by atoms with Gasteiger partial charge in [-0.15, -0.1) is 0 Å². The van der Waals surface area contributed by atoms with Crippen LogP contribution in [-0.2, 0) is 0 Å². The first kappa shape index (κ1) is 11.6. The quantitative estimate of drug-likeness (QED) is 0.809. The largest absolute Gasteiger partial charge is 0.324 e. The molecule has 0 heterocycles. The van der Waals surface area contributed by atoms with Crippen LogP contribution < -0.4 is 5.73 Å². The molecule has 1 aromatic carbocycles. The van der Waals surface area contributed by atoms with Gasteiger partial charge in [0.2, 0.25) is 0 Å². The summed E-state index contributed by atoms with van der Waals surface area (Å²) in [5.74, 6) is 0.323. The summed E-state index contributed by atoms with van der Waals surface area (Å²) in [5.41, 5.74) is 7.83. The molecule has 0 spiro atoms. The summed E-state index contributed by atoms with van der Waals surface area (Å²) in [6.45, 7) is 1.90. The molecule has 0 radical (unpaired) electrons. The monoisotopic (exact) mass is 221 g/mol. The summed E-state index contributed by atoms with van der Waals surface area (Å²) in [7, 11) is 0. The average molecular weight is 221 g/mol. The number of aryl methyl sites for hydroxylation is 1.